The zero-order valence-electron chi connectivity index (χ0n) is 13.6. The molecule has 1 heterocycles. The van der Waals surface area contributed by atoms with Crippen molar-refractivity contribution in [1.29, 1.82) is 0 Å². The van der Waals surface area contributed by atoms with Gasteiger partial charge in [0.1, 0.15) is 6.04 Å². The molecule has 0 aromatic heterocycles. The molecule has 0 radical (unpaired) electrons. The van der Waals surface area contributed by atoms with Gasteiger partial charge in [-0.05, 0) is 50.8 Å². The minimum absolute atomic E-state index is 0.0348. The largest absolute Gasteiger partial charge is 0.329 e. The lowest BCUT2D eigenvalue weighted by atomic mass is 9.84. The molecule has 1 aromatic carbocycles. The molecular formula is C18H24N2O2. The molecule has 1 saturated carbocycles. The SMILES string of the molecule is Cc1ccc(C)c(N2CCN(C(=O)C3CCC3)C(C)C2=O)c1. The zero-order chi connectivity index (χ0) is 15.9. The summed E-state index contributed by atoms with van der Waals surface area (Å²) >= 11 is 0. The van der Waals surface area contributed by atoms with Gasteiger partial charge in [-0.3, -0.25) is 9.59 Å². The number of rotatable bonds is 2. The average Bonchev–Trinajstić information content (AvgIpc) is 2.43. The molecule has 4 heteroatoms. The highest BCUT2D eigenvalue weighted by atomic mass is 16.2. The molecule has 1 saturated heterocycles. The maximum Gasteiger partial charge on any atom is 0.249 e. The fourth-order valence-electron chi connectivity index (χ4n) is 3.31. The van der Waals surface area contributed by atoms with E-state index in [4.69, 9.17) is 0 Å². The second kappa shape index (κ2) is 5.75. The molecule has 0 N–H and O–H groups in total. The van der Waals surface area contributed by atoms with Crippen LogP contribution in [-0.2, 0) is 9.59 Å². The van der Waals surface area contributed by atoms with Crippen molar-refractivity contribution in [2.24, 2.45) is 5.92 Å². The second-order valence-corrected chi connectivity index (χ2v) is 6.62. The van der Waals surface area contributed by atoms with E-state index in [1.807, 2.05) is 25.7 Å². The molecule has 1 aromatic rings. The molecule has 3 rings (SSSR count). The Bertz CT molecular complexity index is 607. The number of amides is 2. The summed E-state index contributed by atoms with van der Waals surface area (Å²) in [6, 6.07) is 5.81. The summed E-state index contributed by atoms with van der Waals surface area (Å²) < 4.78 is 0. The number of nitrogens with zero attached hydrogens (tertiary/aromatic N) is 2. The summed E-state index contributed by atoms with van der Waals surface area (Å²) in [6.45, 7) is 7.14. The van der Waals surface area contributed by atoms with Crippen LogP contribution >= 0.6 is 0 Å². The summed E-state index contributed by atoms with van der Waals surface area (Å²) in [4.78, 5) is 28.9. The number of aryl methyl sites for hydroxylation is 2. The van der Waals surface area contributed by atoms with Crippen LogP contribution in [-0.4, -0.2) is 35.8 Å². The van der Waals surface area contributed by atoms with E-state index in [1.165, 1.54) is 0 Å². The number of piperazine rings is 1. The standard InChI is InChI=1S/C18H24N2O2/c1-12-7-8-13(2)16(11-12)20-10-9-19(14(3)17(20)21)18(22)15-5-4-6-15/h7-8,11,14-15H,4-6,9-10H2,1-3H3. The van der Waals surface area contributed by atoms with Crippen LogP contribution in [0.2, 0.25) is 0 Å². The normalized spacial score (nSPS) is 22.7. The fourth-order valence-corrected chi connectivity index (χ4v) is 3.31. The van der Waals surface area contributed by atoms with Gasteiger partial charge in [0, 0.05) is 24.7 Å². The highest BCUT2D eigenvalue weighted by Crippen LogP contribution is 2.31. The number of hydrogen-bond acceptors (Lipinski definition) is 2. The van der Waals surface area contributed by atoms with Gasteiger partial charge in [-0.2, -0.15) is 0 Å². The highest BCUT2D eigenvalue weighted by Gasteiger charge is 2.39. The predicted molar refractivity (Wildman–Crippen MR) is 86.8 cm³/mol. The number of carbonyl (C=O) groups excluding carboxylic acids is 2. The van der Waals surface area contributed by atoms with Crippen molar-refractivity contribution in [2.75, 3.05) is 18.0 Å². The Balaban J connectivity index is 1.79. The molecule has 0 bridgehead atoms. The minimum Gasteiger partial charge on any atom is -0.329 e. The first-order valence-electron chi connectivity index (χ1n) is 8.18. The molecule has 1 aliphatic heterocycles. The Morgan fingerprint density at radius 1 is 1.18 bits per heavy atom. The van der Waals surface area contributed by atoms with Crippen LogP contribution in [0.3, 0.4) is 0 Å². The quantitative estimate of drug-likeness (QED) is 0.842. The Morgan fingerprint density at radius 2 is 1.91 bits per heavy atom. The second-order valence-electron chi connectivity index (χ2n) is 6.62. The van der Waals surface area contributed by atoms with Crippen molar-refractivity contribution in [2.45, 2.75) is 46.1 Å². The highest BCUT2D eigenvalue weighted by molar-refractivity contribution is 6.01. The van der Waals surface area contributed by atoms with Gasteiger partial charge in [0.25, 0.3) is 0 Å². The van der Waals surface area contributed by atoms with E-state index in [0.717, 1.165) is 36.1 Å². The summed E-state index contributed by atoms with van der Waals surface area (Å²) in [5, 5.41) is 0. The first-order valence-corrected chi connectivity index (χ1v) is 8.18. The maximum atomic E-state index is 12.8. The van der Waals surface area contributed by atoms with Crippen molar-refractivity contribution in [3.8, 4) is 0 Å². The summed E-state index contributed by atoms with van der Waals surface area (Å²) in [5.74, 6) is 0.364. The lowest BCUT2D eigenvalue weighted by Gasteiger charge is -2.42. The van der Waals surface area contributed by atoms with E-state index in [2.05, 4.69) is 18.2 Å². The molecule has 2 amide bonds. The van der Waals surface area contributed by atoms with Crippen LogP contribution < -0.4 is 4.90 Å². The third-order valence-electron chi connectivity index (χ3n) is 5.05. The van der Waals surface area contributed by atoms with Gasteiger partial charge >= 0.3 is 0 Å². The lowest BCUT2D eigenvalue weighted by molar-refractivity contribution is -0.146. The summed E-state index contributed by atoms with van der Waals surface area (Å²) in [7, 11) is 0. The van der Waals surface area contributed by atoms with Crippen molar-refractivity contribution >= 4 is 17.5 Å². The minimum atomic E-state index is -0.359. The molecule has 0 spiro atoms. The Hall–Kier alpha value is -1.84. The zero-order valence-corrected chi connectivity index (χ0v) is 13.6. The first-order chi connectivity index (χ1) is 10.5. The van der Waals surface area contributed by atoms with Crippen LogP contribution in [0.5, 0.6) is 0 Å². The Kier molecular flexibility index (Phi) is 3.94. The number of hydrogen-bond donors (Lipinski definition) is 0. The molecule has 2 fully saturated rings. The van der Waals surface area contributed by atoms with Gasteiger partial charge in [0.15, 0.2) is 0 Å². The van der Waals surface area contributed by atoms with E-state index in [1.54, 1.807) is 4.90 Å². The average molecular weight is 300 g/mol. The molecule has 118 valence electrons. The van der Waals surface area contributed by atoms with Gasteiger partial charge in [-0.25, -0.2) is 0 Å². The van der Waals surface area contributed by atoms with Crippen LogP contribution in [0, 0.1) is 19.8 Å². The maximum absolute atomic E-state index is 12.8. The number of benzene rings is 1. The van der Waals surface area contributed by atoms with Crippen molar-refractivity contribution in [1.82, 2.24) is 4.90 Å². The number of anilines is 1. The van der Waals surface area contributed by atoms with Crippen LogP contribution in [0.1, 0.15) is 37.3 Å². The van der Waals surface area contributed by atoms with Crippen molar-refractivity contribution in [3.05, 3.63) is 29.3 Å². The van der Waals surface area contributed by atoms with Crippen molar-refractivity contribution < 1.29 is 9.59 Å². The van der Waals surface area contributed by atoms with Gasteiger partial charge < -0.3 is 9.80 Å². The lowest BCUT2D eigenvalue weighted by Crippen LogP contribution is -2.59. The molecular weight excluding hydrogens is 276 g/mol. The van der Waals surface area contributed by atoms with Crippen LogP contribution in [0.15, 0.2) is 18.2 Å². The predicted octanol–water partition coefficient (Wildman–Crippen LogP) is 2.67. The van der Waals surface area contributed by atoms with E-state index in [9.17, 15) is 9.59 Å². The van der Waals surface area contributed by atoms with E-state index in [0.29, 0.717) is 13.1 Å². The summed E-state index contributed by atoms with van der Waals surface area (Å²) in [6.07, 6.45) is 3.11. The van der Waals surface area contributed by atoms with Crippen LogP contribution in [0.4, 0.5) is 5.69 Å². The third kappa shape index (κ3) is 2.51. The molecule has 4 nitrogen and oxygen atoms in total. The van der Waals surface area contributed by atoms with Gasteiger partial charge in [-0.15, -0.1) is 0 Å². The van der Waals surface area contributed by atoms with Gasteiger partial charge in [0.05, 0.1) is 0 Å². The smallest absolute Gasteiger partial charge is 0.249 e. The van der Waals surface area contributed by atoms with E-state index >= 15 is 0 Å². The fraction of sp³-hybridized carbons (Fsp3) is 0.556. The van der Waals surface area contributed by atoms with Crippen molar-refractivity contribution in [3.63, 3.8) is 0 Å². The Morgan fingerprint density at radius 3 is 2.55 bits per heavy atom. The number of carbonyl (C=O) groups is 2. The molecule has 22 heavy (non-hydrogen) atoms. The molecule has 1 atom stereocenters. The molecule has 1 aliphatic carbocycles. The van der Waals surface area contributed by atoms with Crippen LogP contribution in [0.25, 0.3) is 0 Å². The first kappa shape index (κ1) is 15.1. The monoisotopic (exact) mass is 300 g/mol. The van der Waals surface area contributed by atoms with E-state index < -0.39 is 0 Å². The van der Waals surface area contributed by atoms with E-state index in [-0.39, 0.29) is 23.8 Å². The van der Waals surface area contributed by atoms with Gasteiger partial charge in [0.2, 0.25) is 11.8 Å². The molecule has 2 aliphatic rings. The molecule has 1 unspecified atom stereocenters. The third-order valence-corrected chi connectivity index (χ3v) is 5.05. The topological polar surface area (TPSA) is 40.6 Å². The Labute approximate surface area is 132 Å². The summed E-state index contributed by atoms with van der Waals surface area (Å²) in [5.41, 5.74) is 3.23. The van der Waals surface area contributed by atoms with Gasteiger partial charge in [-0.1, -0.05) is 18.6 Å².